The minimum absolute atomic E-state index is 0.0160. The highest BCUT2D eigenvalue weighted by Crippen LogP contribution is 2.42. The van der Waals surface area contributed by atoms with Gasteiger partial charge in [-0.25, -0.2) is 9.55 Å². The number of para-hydroxylation sites is 1. The molecule has 0 aliphatic carbocycles. The lowest BCUT2D eigenvalue weighted by Gasteiger charge is -2.16. The van der Waals surface area contributed by atoms with Gasteiger partial charge in [0, 0.05) is 5.56 Å². The Morgan fingerprint density at radius 3 is 2.62 bits per heavy atom. The molecule has 0 spiro atoms. The molecule has 0 amide bonds. The molecule has 6 nitrogen and oxygen atoms in total. The Bertz CT molecular complexity index is 667. The first-order valence-corrected chi connectivity index (χ1v) is 6.88. The maximum atomic E-state index is 10.7. The molecule has 9 heteroatoms. The summed E-state index contributed by atoms with van der Waals surface area (Å²) in [6.07, 6.45) is 1.17. The molecular formula is C12H10Cl3N3O3. The van der Waals surface area contributed by atoms with Gasteiger partial charge in [-0.3, -0.25) is 0 Å². The van der Waals surface area contributed by atoms with Crippen molar-refractivity contribution in [3.8, 4) is 5.75 Å². The van der Waals surface area contributed by atoms with Crippen molar-refractivity contribution >= 4 is 40.6 Å². The van der Waals surface area contributed by atoms with Gasteiger partial charge in [-0.05, 0) is 11.0 Å². The van der Waals surface area contributed by atoms with Crippen molar-refractivity contribution in [2.45, 2.75) is 10.4 Å². The Kier molecular flexibility index (Phi) is 4.61. The summed E-state index contributed by atoms with van der Waals surface area (Å²) < 4.78 is 5.27. The van der Waals surface area contributed by atoms with Crippen LogP contribution in [0.5, 0.6) is 5.75 Å². The number of imidazole rings is 1. The van der Waals surface area contributed by atoms with Crippen molar-refractivity contribution in [2.24, 2.45) is 7.05 Å². The van der Waals surface area contributed by atoms with Crippen LogP contribution in [0.1, 0.15) is 11.4 Å². The lowest BCUT2D eigenvalue weighted by Crippen LogP contribution is -2.09. The summed E-state index contributed by atoms with van der Waals surface area (Å²) in [6.45, 7) is 0.0160. The summed E-state index contributed by atoms with van der Waals surface area (Å²) in [5.74, 6) is 0.646. The lowest BCUT2D eigenvalue weighted by atomic mass is 10.2. The number of nitrogens with zero attached hydrogens (tertiary/aromatic N) is 3. The molecule has 0 unspecified atom stereocenters. The van der Waals surface area contributed by atoms with Gasteiger partial charge in [-0.2, -0.15) is 0 Å². The molecule has 1 aromatic carbocycles. The number of rotatable bonds is 4. The SMILES string of the molecule is Cn1c([N+](=O)[O-])cnc1COc1ccccc1C(Cl)(Cl)Cl. The van der Waals surface area contributed by atoms with Crippen LogP contribution in [0.3, 0.4) is 0 Å². The molecule has 0 N–H and O–H groups in total. The van der Waals surface area contributed by atoms with E-state index in [1.165, 1.54) is 17.8 Å². The van der Waals surface area contributed by atoms with Crippen molar-refractivity contribution < 1.29 is 9.66 Å². The Hall–Kier alpha value is -1.50. The largest absolute Gasteiger partial charge is 0.483 e. The van der Waals surface area contributed by atoms with Crippen LogP contribution in [-0.2, 0) is 17.4 Å². The predicted molar refractivity (Wildman–Crippen MR) is 79.9 cm³/mol. The van der Waals surface area contributed by atoms with Gasteiger partial charge < -0.3 is 14.9 Å². The van der Waals surface area contributed by atoms with Gasteiger partial charge in [0.15, 0.2) is 6.61 Å². The van der Waals surface area contributed by atoms with E-state index in [-0.39, 0.29) is 12.4 Å². The zero-order valence-electron chi connectivity index (χ0n) is 10.8. The quantitative estimate of drug-likeness (QED) is 0.478. The second kappa shape index (κ2) is 6.09. The molecule has 0 aliphatic rings. The average Bonchev–Trinajstić information content (AvgIpc) is 2.77. The second-order valence-electron chi connectivity index (χ2n) is 4.13. The lowest BCUT2D eigenvalue weighted by molar-refractivity contribution is -0.391. The average molecular weight is 351 g/mol. The van der Waals surface area contributed by atoms with Gasteiger partial charge in [-0.1, -0.05) is 53.0 Å². The Labute approximate surface area is 135 Å². The number of alkyl halides is 3. The monoisotopic (exact) mass is 349 g/mol. The molecule has 112 valence electrons. The predicted octanol–water partition coefficient (Wildman–Crippen LogP) is 3.73. The number of aromatic nitrogens is 2. The molecule has 2 aromatic rings. The molecule has 1 heterocycles. The first kappa shape index (κ1) is 15.9. The molecule has 0 radical (unpaired) electrons. The van der Waals surface area contributed by atoms with Crippen LogP contribution in [0.2, 0.25) is 0 Å². The minimum Gasteiger partial charge on any atom is -0.483 e. The molecular weight excluding hydrogens is 341 g/mol. The van der Waals surface area contributed by atoms with Crippen LogP contribution in [0, 0.1) is 10.1 Å². The van der Waals surface area contributed by atoms with Crippen LogP contribution >= 0.6 is 34.8 Å². The molecule has 0 saturated carbocycles. The standard InChI is InChI=1S/C12H10Cl3N3O3/c1-17-10(16-6-11(17)18(19)20)7-21-9-5-3-2-4-8(9)12(13,14)15/h2-6H,7H2,1H3. The number of hydrogen-bond acceptors (Lipinski definition) is 4. The molecule has 0 aliphatic heterocycles. The van der Waals surface area contributed by atoms with E-state index in [1.54, 1.807) is 24.3 Å². The van der Waals surface area contributed by atoms with Crippen molar-refractivity contribution in [2.75, 3.05) is 0 Å². The number of halogens is 3. The first-order valence-electron chi connectivity index (χ1n) is 5.74. The molecule has 2 rings (SSSR count). The van der Waals surface area contributed by atoms with E-state index in [4.69, 9.17) is 39.5 Å². The third kappa shape index (κ3) is 3.58. The topological polar surface area (TPSA) is 70.2 Å². The van der Waals surface area contributed by atoms with Gasteiger partial charge in [0.2, 0.25) is 9.62 Å². The van der Waals surface area contributed by atoms with E-state index < -0.39 is 8.72 Å². The van der Waals surface area contributed by atoms with Crippen LogP contribution in [-0.4, -0.2) is 14.5 Å². The van der Waals surface area contributed by atoms with E-state index in [0.717, 1.165) is 0 Å². The molecule has 0 fully saturated rings. The van der Waals surface area contributed by atoms with Crippen molar-refractivity contribution in [3.05, 3.63) is 52.0 Å². The van der Waals surface area contributed by atoms with Gasteiger partial charge in [-0.15, -0.1) is 0 Å². The summed E-state index contributed by atoms with van der Waals surface area (Å²) >= 11 is 17.6. The van der Waals surface area contributed by atoms with Crippen LogP contribution in [0.25, 0.3) is 0 Å². The van der Waals surface area contributed by atoms with E-state index in [2.05, 4.69) is 4.98 Å². The highest BCUT2D eigenvalue weighted by molar-refractivity contribution is 6.66. The fourth-order valence-electron chi connectivity index (χ4n) is 1.71. The summed E-state index contributed by atoms with van der Waals surface area (Å²) in [5.41, 5.74) is 0.388. The van der Waals surface area contributed by atoms with Crippen LogP contribution < -0.4 is 4.74 Å². The summed E-state index contributed by atoms with van der Waals surface area (Å²) in [4.78, 5) is 14.2. The van der Waals surface area contributed by atoms with Crippen LogP contribution in [0.4, 0.5) is 5.82 Å². The smallest absolute Gasteiger partial charge is 0.342 e. The third-order valence-corrected chi connectivity index (χ3v) is 3.41. The molecule has 0 bridgehead atoms. The zero-order chi connectivity index (χ0) is 15.6. The molecule has 0 saturated heterocycles. The van der Waals surface area contributed by atoms with E-state index in [0.29, 0.717) is 17.1 Å². The Morgan fingerprint density at radius 2 is 2.05 bits per heavy atom. The maximum absolute atomic E-state index is 10.7. The van der Waals surface area contributed by atoms with E-state index >= 15 is 0 Å². The van der Waals surface area contributed by atoms with Gasteiger partial charge in [0.1, 0.15) is 11.9 Å². The summed E-state index contributed by atoms with van der Waals surface area (Å²) in [5, 5.41) is 10.7. The fourth-order valence-corrected chi connectivity index (χ4v) is 2.18. The maximum Gasteiger partial charge on any atom is 0.342 e. The van der Waals surface area contributed by atoms with Crippen LogP contribution in [0.15, 0.2) is 30.5 Å². The Morgan fingerprint density at radius 1 is 1.38 bits per heavy atom. The summed E-state index contributed by atoms with van der Waals surface area (Å²) in [6, 6.07) is 6.73. The number of ether oxygens (including phenoxy) is 1. The summed E-state index contributed by atoms with van der Waals surface area (Å²) in [7, 11) is 1.53. The number of benzene rings is 1. The minimum atomic E-state index is -1.62. The van der Waals surface area contributed by atoms with Gasteiger partial charge >= 0.3 is 5.82 Å². The molecule has 1 aromatic heterocycles. The van der Waals surface area contributed by atoms with Crippen molar-refractivity contribution in [1.29, 1.82) is 0 Å². The zero-order valence-corrected chi connectivity index (χ0v) is 13.1. The molecule has 0 atom stereocenters. The first-order chi connectivity index (χ1) is 9.80. The molecule has 21 heavy (non-hydrogen) atoms. The van der Waals surface area contributed by atoms with Crippen molar-refractivity contribution in [1.82, 2.24) is 9.55 Å². The fraction of sp³-hybridized carbons (Fsp3) is 0.250. The number of hydrogen-bond donors (Lipinski definition) is 0. The van der Waals surface area contributed by atoms with Gasteiger partial charge in [0.05, 0.1) is 7.05 Å². The van der Waals surface area contributed by atoms with Crippen molar-refractivity contribution in [3.63, 3.8) is 0 Å². The third-order valence-electron chi connectivity index (χ3n) is 2.80. The van der Waals surface area contributed by atoms with E-state index in [1.807, 2.05) is 0 Å². The van der Waals surface area contributed by atoms with E-state index in [9.17, 15) is 10.1 Å². The number of nitro groups is 1. The normalized spacial score (nSPS) is 11.4. The highest BCUT2D eigenvalue weighted by Gasteiger charge is 2.27. The van der Waals surface area contributed by atoms with Gasteiger partial charge in [0.25, 0.3) is 0 Å². The Balaban J connectivity index is 2.20. The second-order valence-corrected chi connectivity index (χ2v) is 6.41. The highest BCUT2D eigenvalue weighted by atomic mass is 35.6.